The Morgan fingerprint density at radius 1 is 1.32 bits per heavy atom. The van der Waals surface area contributed by atoms with Crippen LogP contribution in [0.3, 0.4) is 0 Å². The number of ether oxygens (including phenoxy) is 1. The molecular formula is C17H23FN2O2. The number of aromatic nitrogens is 1. The van der Waals surface area contributed by atoms with Crippen molar-refractivity contribution in [1.29, 1.82) is 0 Å². The summed E-state index contributed by atoms with van der Waals surface area (Å²) in [6.07, 6.45) is 2.22. The van der Waals surface area contributed by atoms with Crippen LogP contribution in [0.1, 0.15) is 26.3 Å². The summed E-state index contributed by atoms with van der Waals surface area (Å²) in [5.74, 6) is 0. The molecule has 1 aromatic carbocycles. The fourth-order valence-electron chi connectivity index (χ4n) is 2.41. The van der Waals surface area contributed by atoms with Gasteiger partial charge in [-0.25, -0.2) is 9.18 Å². The number of nitrogens with zero attached hydrogens (tertiary/aromatic N) is 1. The summed E-state index contributed by atoms with van der Waals surface area (Å²) >= 11 is 0. The largest absolute Gasteiger partial charge is 0.444 e. The molecule has 0 aliphatic carbocycles. The van der Waals surface area contributed by atoms with E-state index >= 15 is 0 Å². The molecule has 2 rings (SSSR count). The zero-order valence-electron chi connectivity index (χ0n) is 13.4. The average Bonchev–Trinajstić information content (AvgIpc) is 2.76. The van der Waals surface area contributed by atoms with E-state index in [4.69, 9.17) is 4.74 Å². The number of aryl methyl sites for hydroxylation is 1. The Hall–Kier alpha value is -2.04. The molecular weight excluding hydrogens is 283 g/mol. The Labute approximate surface area is 130 Å². The molecule has 22 heavy (non-hydrogen) atoms. The molecule has 0 saturated heterocycles. The molecule has 0 radical (unpaired) electrons. The summed E-state index contributed by atoms with van der Waals surface area (Å²) in [4.78, 5) is 11.6. The van der Waals surface area contributed by atoms with Crippen LogP contribution < -0.4 is 5.32 Å². The van der Waals surface area contributed by atoms with Gasteiger partial charge in [0.15, 0.2) is 0 Å². The van der Waals surface area contributed by atoms with Crippen LogP contribution in [-0.4, -0.2) is 29.5 Å². The molecule has 2 aromatic rings. The van der Waals surface area contributed by atoms with Crippen molar-refractivity contribution in [2.45, 2.75) is 39.3 Å². The Bertz CT molecular complexity index is 644. The number of amides is 1. The van der Waals surface area contributed by atoms with Gasteiger partial charge in [-0.05, 0) is 38.8 Å². The van der Waals surface area contributed by atoms with E-state index in [0.29, 0.717) is 19.5 Å². The highest BCUT2D eigenvalue weighted by atomic mass is 19.1. The minimum Gasteiger partial charge on any atom is -0.444 e. The fraction of sp³-hybridized carbons (Fsp3) is 0.471. The number of benzene rings is 1. The van der Waals surface area contributed by atoms with E-state index in [1.165, 1.54) is 0 Å². The van der Waals surface area contributed by atoms with Crippen LogP contribution in [0.15, 0.2) is 30.5 Å². The number of rotatable bonds is 5. The highest BCUT2D eigenvalue weighted by Crippen LogP contribution is 2.21. The van der Waals surface area contributed by atoms with Gasteiger partial charge in [-0.15, -0.1) is 0 Å². The topological polar surface area (TPSA) is 43.3 Å². The number of nitrogens with one attached hydrogen (secondary N) is 1. The summed E-state index contributed by atoms with van der Waals surface area (Å²) in [6.45, 7) is 5.93. The second kappa shape index (κ2) is 6.81. The van der Waals surface area contributed by atoms with E-state index in [0.717, 1.165) is 16.5 Å². The monoisotopic (exact) mass is 306 g/mol. The molecule has 1 N–H and O–H groups in total. The van der Waals surface area contributed by atoms with Crippen LogP contribution in [0.4, 0.5) is 9.18 Å². The molecule has 0 spiro atoms. The molecule has 0 aliphatic heterocycles. The molecule has 0 bridgehead atoms. The van der Waals surface area contributed by atoms with Crippen LogP contribution in [0.2, 0.25) is 0 Å². The third-order valence-electron chi connectivity index (χ3n) is 3.26. The van der Waals surface area contributed by atoms with Gasteiger partial charge in [0.1, 0.15) is 12.3 Å². The average molecular weight is 306 g/mol. The van der Waals surface area contributed by atoms with Crippen molar-refractivity contribution in [3.63, 3.8) is 0 Å². The van der Waals surface area contributed by atoms with Crippen LogP contribution in [-0.2, 0) is 17.7 Å². The lowest BCUT2D eigenvalue weighted by atomic mass is 10.1. The number of halogens is 1. The van der Waals surface area contributed by atoms with Gasteiger partial charge < -0.3 is 14.6 Å². The maximum atomic E-state index is 12.6. The van der Waals surface area contributed by atoms with Crippen molar-refractivity contribution in [2.75, 3.05) is 13.2 Å². The van der Waals surface area contributed by atoms with Crippen LogP contribution in [0.5, 0.6) is 0 Å². The molecule has 5 heteroatoms. The molecule has 1 heterocycles. The molecule has 4 nitrogen and oxygen atoms in total. The number of alkyl carbamates (subject to hydrolysis) is 1. The fourth-order valence-corrected chi connectivity index (χ4v) is 2.41. The smallest absolute Gasteiger partial charge is 0.407 e. The highest BCUT2D eigenvalue weighted by Gasteiger charge is 2.16. The lowest BCUT2D eigenvalue weighted by Crippen LogP contribution is -2.33. The van der Waals surface area contributed by atoms with Crippen molar-refractivity contribution < 1.29 is 13.9 Å². The Morgan fingerprint density at radius 3 is 2.73 bits per heavy atom. The molecule has 0 saturated carbocycles. The number of fused-ring (bicyclic) bond motifs is 1. The van der Waals surface area contributed by atoms with Gasteiger partial charge in [-0.2, -0.15) is 0 Å². The second-order valence-electron chi connectivity index (χ2n) is 6.23. The summed E-state index contributed by atoms with van der Waals surface area (Å²) in [6, 6.07) is 7.91. The van der Waals surface area contributed by atoms with Gasteiger partial charge in [0.2, 0.25) is 0 Å². The number of alkyl halides is 1. The first kappa shape index (κ1) is 16.3. The van der Waals surface area contributed by atoms with Crippen molar-refractivity contribution in [2.24, 2.45) is 0 Å². The summed E-state index contributed by atoms with van der Waals surface area (Å²) < 4.78 is 19.8. The van der Waals surface area contributed by atoms with E-state index in [1.807, 2.05) is 55.8 Å². The first-order valence-corrected chi connectivity index (χ1v) is 7.50. The standard InChI is InChI=1S/C17H23FN2O2/c1-17(2,3)22-16(21)19-10-8-13-12-20(11-9-18)15-7-5-4-6-14(13)15/h4-7,12H,8-11H2,1-3H3,(H,19,21). The predicted molar refractivity (Wildman–Crippen MR) is 85.9 cm³/mol. The zero-order chi connectivity index (χ0) is 16.2. The third-order valence-corrected chi connectivity index (χ3v) is 3.26. The summed E-state index contributed by atoms with van der Waals surface area (Å²) in [5.41, 5.74) is 1.62. The van der Waals surface area contributed by atoms with Crippen molar-refractivity contribution >= 4 is 17.0 Å². The van der Waals surface area contributed by atoms with E-state index in [1.54, 1.807) is 0 Å². The van der Waals surface area contributed by atoms with Crippen molar-refractivity contribution in [3.8, 4) is 0 Å². The lowest BCUT2D eigenvalue weighted by Gasteiger charge is -2.19. The highest BCUT2D eigenvalue weighted by molar-refractivity contribution is 5.84. The molecule has 0 unspecified atom stereocenters. The van der Waals surface area contributed by atoms with Gasteiger partial charge in [-0.3, -0.25) is 0 Å². The van der Waals surface area contributed by atoms with Gasteiger partial charge in [0.25, 0.3) is 0 Å². The number of para-hydroxylation sites is 1. The predicted octanol–water partition coefficient (Wildman–Crippen LogP) is 3.68. The SMILES string of the molecule is CC(C)(C)OC(=O)NCCc1cn(CCF)c2ccccc12. The maximum absolute atomic E-state index is 12.6. The molecule has 1 amide bonds. The second-order valence-corrected chi connectivity index (χ2v) is 6.23. The summed E-state index contributed by atoms with van der Waals surface area (Å²) in [7, 11) is 0. The first-order valence-electron chi connectivity index (χ1n) is 7.50. The first-order chi connectivity index (χ1) is 10.4. The van der Waals surface area contributed by atoms with Crippen LogP contribution >= 0.6 is 0 Å². The van der Waals surface area contributed by atoms with Crippen molar-refractivity contribution in [1.82, 2.24) is 9.88 Å². The van der Waals surface area contributed by atoms with Gasteiger partial charge in [0.05, 0.1) is 6.54 Å². The Kier molecular flexibility index (Phi) is 5.06. The van der Waals surface area contributed by atoms with Gasteiger partial charge in [0, 0.05) is 23.6 Å². The number of hydrogen-bond donors (Lipinski definition) is 1. The van der Waals surface area contributed by atoms with E-state index in [9.17, 15) is 9.18 Å². The number of hydrogen-bond acceptors (Lipinski definition) is 2. The molecule has 120 valence electrons. The normalized spacial score (nSPS) is 11.6. The lowest BCUT2D eigenvalue weighted by molar-refractivity contribution is 0.0528. The maximum Gasteiger partial charge on any atom is 0.407 e. The molecule has 0 fully saturated rings. The zero-order valence-corrected chi connectivity index (χ0v) is 13.4. The molecule has 1 aromatic heterocycles. The Morgan fingerprint density at radius 2 is 2.05 bits per heavy atom. The number of carbonyl (C=O) groups excluding carboxylic acids is 1. The van der Waals surface area contributed by atoms with Gasteiger partial charge >= 0.3 is 6.09 Å². The van der Waals surface area contributed by atoms with Crippen LogP contribution in [0, 0.1) is 0 Å². The number of carbonyl (C=O) groups is 1. The van der Waals surface area contributed by atoms with E-state index in [2.05, 4.69) is 5.32 Å². The quantitative estimate of drug-likeness (QED) is 0.915. The minimum absolute atomic E-state index is 0.347. The molecule has 0 aliphatic rings. The minimum atomic E-state index is -0.499. The van der Waals surface area contributed by atoms with Crippen molar-refractivity contribution in [3.05, 3.63) is 36.0 Å². The van der Waals surface area contributed by atoms with E-state index in [-0.39, 0.29) is 0 Å². The molecule has 0 atom stereocenters. The van der Waals surface area contributed by atoms with Crippen LogP contribution in [0.25, 0.3) is 10.9 Å². The summed E-state index contributed by atoms with van der Waals surface area (Å²) in [5, 5.41) is 3.85. The van der Waals surface area contributed by atoms with E-state index < -0.39 is 18.4 Å². The third kappa shape index (κ3) is 4.23. The Balaban J connectivity index is 2.01. The van der Waals surface area contributed by atoms with Gasteiger partial charge in [-0.1, -0.05) is 18.2 Å².